The van der Waals surface area contributed by atoms with Gasteiger partial charge in [-0.3, -0.25) is 0 Å². The number of hydrogen-bond donors (Lipinski definition) is 2. The van der Waals surface area contributed by atoms with E-state index in [1.165, 1.54) is 12.8 Å². The van der Waals surface area contributed by atoms with Crippen LogP contribution in [0.4, 0.5) is 0 Å². The standard InChI is InChI=1S/C12H28N2O/c1-5-6-7-14(4)10-12(15)9-13-8-11(2)3/h11-13,15H,5-10H2,1-4H3. The van der Waals surface area contributed by atoms with E-state index >= 15 is 0 Å². The van der Waals surface area contributed by atoms with Crippen LogP contribution in [-0.4, -0.2) is 49.3 Å². The van der Waals surface area contributed by atoms with Gasteiger partial charge in [0.2, 0.25) is 0 Å². The summed E-state index contributed by atoms with van der Waals surface area (Å²) >= 11 is 0. The van der Waals surface area contributed by atoms with Crippen molar-refractivity contribution in [1.82, 2.24) is 10.2 Å². The van der Waals surface area contributed by atoms with E-state index in [4.69, 9.17) is 0 Å². The SMILES string of the molecule is CCCCN(C)CC(O)CNCC(C)C. The van der Waals surface area contributed by atoms with Crippen molar-refractivity contribution in [3.63, 3.8) is 0 Å². The first-order valence-corrected chi connectivity index (χ1v) is 6.13. The topological polar surface area (TPSA) is 35.5 Å². The molecule has 0 saturated carbocycles. The Kier molecular flexibility index (Phi) is 9.06. The van der Waals surface area contributed by atoms with Crippen molar-refractivity contribution in [3.8, 4) is 0 Å². The highest BCUT2D eigenvalue weighted by molar-refractivity contribution is 4.64. The van der Waals surface area contributed by atoms with Crippen molar-refractivity contribution in [2.24, 2.45) is 5.92 Å². The Morgan fingerprint density at radius 1 is 1.27 bits per heavy atom. The number of aliphatic hydroxyl groups excluding tert-OH is 1. The molecule has 0 bridgehead atoms. The maximum absolute atomic E-state index is 9.73. The molecule has 15 heavy (non-hydrogen) atoms. The van der Waals surface area contributed by atoms with Gasteiger partial charge in [0.1, 0.15) is 0 Å². The highest BCUT2D eigenvalue weighted by Gasteiger charge is 2.07. The monoisotopic (exact) mass is 216 g/mol. The third-order valence-electron chi connectivity index (χ3n) is 2.35. The Labute approximate surface area is 94.9 Å². The average molecular weight is 216 g/mol. The summed E-state index contributed by atoms with van der Waals surface area (Å²) < 4.78 is 0. The van der Waals surface area contributed by atoms with E-state index < -0.39 is 0 Å². The van der Waals surface area contributed by atoms with E-state index in [-0.39, 0.29) is 6.10 Å². The molecule has 0 radical (unpaired) electrons. The van der Waals surface area contributed by atoms with Crippen LogP contribution in [0.15, 0.2) is 0 Å². The molecule has 3 nitrogen and oxygen atoms in total. The fraction of sp³-hybridized carbons (Fsp3) is 1.00. The van der Waals surface area contributed by atoms with Crippen LogP contribution in [0.3, 0.4) is 0 Å². The van der Waals surface area contributed by atoms with Gasteiger partial charge < -0.3 is 15.3 Å². The van der Waals surface area contributed by atoms with Gasteiger partial charge in [0.25, 0.3) is 0 Å². The molecule has 0 heterocycles. The Hall–Kier alpha value is -0.120. The minimum atomic E-state index is -0.245. The van der Waals surface area contributed by atoms with E-state index in [9.17, 15) is 5.11 Å². The average Bonchev–Trinajstić information content (AvgIpc) is 2.14. The Morgan fingerprint density at radius 3 is 2.47 bits per heavy atom. The molecule has 0 aromatic rings. The summed E-state index contributed by atoms with van der Waals surface area (Å²) in [6.45, 7) is 10.1. The van der Waals surface area contributed by atoms with E-state index in [1.807, 2.05) is 0 Å². The molecular formula is C12H28N2O. The fourth-order valence-electron chi connectivity index (χ4n) is 1.48. The molecule has 92 valence electrons. The lowest BCUT2D eigenvalue weighted by Crippen LogP contribution is -2.37. The summed E-state index contributed by atoms with van der Waals surface area (Å²) in [5, 5.41) is 13.0. The maximum Gasteiger partial charge on any atom is 0.0791 e. The molecular weight excluding hydrogens is 188 g/mol. The lowest BCUT2D eigenvalue weighted by molar-refractivity contribution is 0.123. The number of nitrogens with one attached hydrogen (secondary N) is 1. The van der Waals surface area contributed by atoms with E-state index in [1.54, 1.807) is 0 Å². The minimum Gasteiger partial charge on any atom is -0.390 e. The third-order valence-corrected chi connectivity index (χ3v) is 2.35. The van der Waals surface area contributed by atoms with Crippen molar-refractivity contribution in [3.05, 3.63) is 0 Å². The predicted octanol–water partition coefficient (Wildman–Crippen LogP) is 1.32. The molecule has 0 fully saturated rings. The van der Waals surface area contributed by atoms with Crippen LogP contribution in [0.1, 0.15) is 33.6 Å². The third kappa shape index (κ3) is 10.2. The number of unbranched alkanes of at least 4 members (excludes halogenated alkanes) is 1. The van der Waals surface area contributed by atoms with Crippen molar-refractivity contribution in [2.45, 2.75) is 39.7 Å². The van der Waals surface area contributed by atoms with Gasteiger partial charge in [-0.15, -0.1) is 0 Å². The van der Waals surface area contributed by atoms with Gasteiger partial charge in [0.05, 0.1) is 6.10 Å². The van der Waals surface area contributed by atoms with Gasteiger partial charge in [-0.2, -0.15) is 0 Å². The predicted molar refractivity (Wildman–Crippen MR) is 66.1 cm³/mol. The molecule has 0 aromatic carbocycles. The first kappa shape index (κ1) is 14.9. The van der Waals surface area contributed by atoms with E-state index in [0.29, 0.717) is 12.5 Å². The first-order valence-electron chi connectivity index (χ1n) is 6.13. The number of rotatable bonds is 9. The smallest absolute Gasteiger partial charge is 0.0791 e. The first-order chi connectivity index (χ1) is 7.06. The zero-order valence-corrected chi connectivity index (χ0v) is 10.8. The van der Waals surface area contributed by atoms with Crippen LogP contribution in [0.25, 0.3) is 0 Å². The second-order valence-corrected chi connectivity index (χ2v) is 4.82. The second-order valence-electron chi connectivity index (χ2n) is 4.82. The van der Waals surface area contributed by atoms with Crippen LogP contribution in [-0.2, 0) is 0 Å². The van der Waals surface area contributed by atoms with Crippen LogP contribution < -0.4 is 5.32 Å². The van der Waals surface area contributed by atoms with E-state index in [0.717, 1.165) is 19.6 Å². The highest BCUT2D eigenvalue weighted by atomic mass is 16.3. The second kappa shape index (κ2) is 9.13. The highest BCUT2D eigenvalue weighted by Crippen LogP contribution is 1.94. The van der Waals surface area contributed by atoms with Crippen LogP contribution >= 0.6 is 0 Å². The lowest BCUT2D eigenvalue weighted by Gasteiger charge is -2.20. The largest absolute Gasteiger partial charge is 0.390 e. The molecule has 0 saturated heterocycles. The minimum absolute atomic E-state index is 0.245. The number of likely N-dealkylation sites (N-methyl/N-ethyl adjacent to an activating group) is 1. The number of hydrogen-bond acceptors (Lipinski definition) is 3. The summed E-state index contributed by atoms with van der Waals surface area (Å²) in [7, 11) is 2.07. The van der Waals surface area contributed by atoms with Crippen molar-refractivity contribution in [2.75, 3.05) is 33.2 Å². The summed E-state index contributed by atoms with van der Waals surface area (Å²) in [5.74, 6) is 0.648. The van der Waals surface area contributed by atoms with Crippen molar-refractivity contribution in [1.29, 1.82) is 0 Å². The fourth-order valence-corrected chi connectivity index (χ4v) is 1.48. The summed E-state index contributed by atoms with van der Waals surface area (Å²) in [6, 6.07) is 0. The maximum atomic E-state index is 9.73. The molecule has 0 aromatic heterocycles. The van der Waals surface area contributed by atoms with E-state index in [2.05, 4.69) is 38.0 Å². The molecule has 0 amide bonds. The number of nitrogens with zero attached hydrogens (tertiary/aromatic N) is 1. The Balaban J connectivity index is 3.42. The molecule has 1 unspecified atom stereocenters. The summed E-state index contributed by atoms with van der Waals surface area (Å²) in [5.41, 5.74) is 0. The normalized spacial score (nSPS) is 13.8. The van der Waals surface area contributed by atoms with Crippen molar-refractivity contribution >= 4 is 0 Å². The Morgan fingerprint density at radius 2 is 1.93 bits per heavy atom. The zero-order valence-electron chi connectivity index (χ0n) is 10.8. The van der Waals surface area contributed by atoms with Crippen molar-refractivity contribution < 1.29 is 5.11 Å². The van der Waals surface area contributed by atoms with Crippen LogP contribution in [0.5, 0.6) is 0 Å². The molecule has 0 aliphatic rings. The molecule has 2 N–H and O–H groups in total. The molecule has 0 aliphatic heterocycles. The molecule has 0 rings (SSSR count). The molecule has 0 aliphatic carbocycles. The van der Waals surface area contributed by atoms with Crippen LogP contribution in [0.2, 0.25) is 0 Å². The van der Waals surface area contributed by atoms with Gasteiger partial charge >= 0.3 is 0 Å². The lowest BCUT2D eigenvalue weighted by atomic mass is 10.2. The van der Waals surface area contributed by atoms with Gasteiger partial charge in [0.15, 0.2) is 0 Å². The van der Waals surface area contributed by atoms with Gasteiger partial charge in [-0.05, 0) is 32.5 Å². The summed E-state index contributed by atoms with van der Waals surface area (Å²) in [4.78, 5) is 2.20. The summed E-state index contributed by atoms with van der Waals surface area (Å²) in [6.07, 6.45) is 2.18. The van der Waals surface area contributed by atoms with Gasteiger partial charge in [-0.1, -0.05) is 27.2 Å². The van der Waals surface area contributed by atoms with Crippen LogP contribution in [0, 0.1) is 5.92 Å². The molecule has 0 spiro atoms. The molecule has 1 atom stereocenters. The zero-order chi connectivity index (χ0) is 11.7. The van der Waals surface area contributed by atoms with Gasteiger partial charge in [-0.25, -0.2) is 0 Å². The quantitative estimate of drug-likeness (QED) is 0.610. The van der Waals surface area contributed by atoms with Gasteiger partial charge in [0, 0.05) is 13.1 Å². The molecule has 3 heteroatoms. The Bertz CT molecular complexity index is 140. The number of aliphatic hydroxyl groups is 1.